The van der Waals surface area contributed by atoms with Crippen molar-refractivity contribution >= 4 is 5.78 Å². The Kier molecular flexibility index (Phi) is 4.07. The number of aryl methyl sites for hydroxylation is 1. The number of methoxy groups -OCH3 is 1. The first kappa shape index (κ1) is 13.7. The van der Waals surface area contributed by atoms with Crippen LogP contribution in [0.3, 0.4) is 0 Å². The summed E-state index contributed by atoms with van der Waals surface area (Å²) in [7, 11) is 1.49. The van der Waals surface area contributed by atoms with E-state index < -0.39 is 5.78 Å². The number of rotatable bonds is 2. The molecule has 0 heterocycles. The SMILES string of the molecule is COc1ccc(C(=O)C#Cc2ccc(C)cc2)c(O)c1. The maximum Gasteiger partial charge on any atom is 0.239 e. The summed E-state index contributed by atoms with van der Waals surface area (Å²) in [6.45, 7) is 1.98. The second-order valence-electron chi connectivity index (χ2n) is 4.33. The van der Waals surface area contributed by atoms with Crippen LogP contribution in [0.15, 0.2) is 42.5 Å². The van der Waals surface area contributed by atoms with Crippen molar-refractivity contribution in [3.05, 3.63) is 59.2 Å². The molecule has 0 fully saturated rings. The fraction of sp³-hybridized carbons (Fsp3) is 0.118. The first-order valence-electron chi connectivity index (χ1n) is 6.10. The number of carbonyl (C=O) groups excluding carboxylic acids is 1. The van der Waals surface area contributed by atoms with Crippen molar-refractivity contribution in [2.75, 3.05) is 7.11 Å². The van der Waals surface area contributed by atoms with E-state index in [-0.39, 0.29) is 11.3 Å². The number of carbonyl (C=O) groups is 1. The highest BCUT2D eigenvalue weighted by Crippen LogP contribution is 2.23. The normalized spacial score (nSPS) is 9.50. The van der Waals surface area contributed by atoms with Gasteiger partial charge in [0, 0.05) is 11.6 Å². The molecule has 0 saturated heterocycles. The molecule has 0 saturated carbocycles. The fourth-order valence-corrected chi connectivity index (χ4v) is 1.66. The van der Waals surface area contributed by atoms with Crippen molar-refractivity contribution in [1.82, 2.24) is 0 Å². The Morgan fingerprint density at radius 3 is 2.45 bits per heavy atom. The molecule has 0 radical (unpaired) electrons. The number of ether oxygens (including phenoxy) is 1. The lowest BCUT2D eigenvalue weighted by Gasteiger charge is -2.02. The molecule has 0 unspecified atom stereocenters. The largest absolute Gasteiger partial charge is 0.507 e. The van der Waals surface area contributed by atoms with E-state index in [1.165, 1.54) is 19.2 Å². The predicted molar refractivity (Wildman–Crippen MR) is 77.0 cm³/mol. The minimum Gasteiger partial charge on any atom is -0.507 e. The summed E-state index contributed by atoms with van der Waals surface area (Å²) >= 11 is 0. The number of aromatic hydroxyl groups is 1. The molecule has 1 N–H and O–H groups in total. The molecule has 0 bridgehead atoms. The molecular weight excluding hydrogens is 252 g/mol. The summed E-state index contributed by atoms with van der Waals surface area (Å²) in [5, 5.41) is 9.76. The third-order valence-corrected chi connectivity index (χ3v) is 2.82. The predicted octanol–water partition coefficient (Wildman–Crippen LogP) is 2.94. The molecule has 20 heavy (non-hydrogen) atoms. The highest BCUT2D eigenvalue weighted by atomic mass is 16.5. The second kappa shape index (κ2) is 5.94. The first-order chi connectivity index (χ1) is 9.60. The zero-order chi connectivity index (χ0) is 14.5. The quantitative estimate of drug-likeness (QED) is 0.671. The number of hydrogen-bond donors (Lipinski definition) is 1. The van der Waals surface area contributed by atoms with Crippen LogP contribution in [0.1, 0.15) is 21.5 Å². The van der Waals surface area contributed by atoms with Gasteiger partial charge < -0.3 is 9.84 Å². The minimum absolute atomic E-state index is 0.132. The van der Waals surface area contributed by atoms with E-state index >= 15 is 0 Å². The molecule has 0 spiro atoms. The van der Waals surface area contributed by atoms with E-state index in [2.05, 4.69) is 11.8 Å². The van der Waals surface area contributed by atoms with E-state index in [9.17, 15) is 9.90 Å². The summed E-state index contributed by atoms with van der Waals surface area (Å²) in [5.41, 5.74) is 2.07. The Morgan fingerprint density at radius 1 is 1.15 bits per heavy atom. The fourth-order valence-electron chi connectivity index (χ4n) is 1.66. The highest BCUT2D eigenvalue weighted by molar-refractivity contribution is 6.11. The van der Waals surface area contributed by atoms with Gasteiger partial charge in [0.1, 0.15) is 11.5 Å². The third-order valence-electron chi connectivity index (χ3n) is 2.82. The van der Waals surface area contributed by atoms with E-state index in [0.717, 1.165) is 11.1 Å². The van der Waals surface area contributed by atoms with Crippen LogP contribution in [0, 0.1) is 18.8 Å². The van der Waals surface area contributed by atoms with Gasteiger partial charge in [-0.3, -0.25) is 4.79 Å². The smallest absolute Gasteiger partial charge is 0.239 e. The van der Waals surface area contributed by atoms with Gasteiger partial charge >= 0.3 is 0 Å². The Labute approximate surface area is 117 Å². The van der Waals surface area contributed by atoms with Crippen LogP contribution >= 0.6 is 0 Å². The van der Waals surface area contributed by atoms with Gasteiger partial charge in [-0.15, -0.1) is 0 Å². The van der Waals surface area contributed by atoms with Gasteiger partial charge in [-0.05, 0) is 37.1 Å². The summed E-state index contributed by atoms with van der Waals surface area (Å²) < 4.78 is 4.96. The monoisotopic (exact) mass is 266 g/mol. The molecule has 0 aliphatic heterocycles. The van der Waals surface area contributed by atoms with Crippen LogP contribution in [-0.2, 0) is 0 Å². The van der Waals surface area contributed by atoms with Gasteiger partial charge in [0.15, 0.2) is 0 Å². The molecule has 2 rings (SSSR count). The van der Waals surface area contributed by atoms with Crippen molar-refractivity contribution in [2.45, 2.75) is 6.92 Å². The van der Waals surface area contributed by atoms with Crippen molar-refractivity contribution in [3.63, 3.8) is 0 Å². The molecule has 2 aromatic rings. The van der Waals surface area contributed by atoms with Crippen LogP contribution in [0.2, 0.25) is 0 Å². The topological polar surface area (TPSA) is 46.5 Å². The van der Waals surface area contributed by atoms with Crippen LogP contribution in [0.25, 0.3) is 0 Å². The van der Waals surface area contributed by atoms with E-state index in [1.54, 1.807) is 6.07 Å². The Hall–Kier alpha value is -2.73. The number of ketones is 1. The third kappa shape index (κ3) is 3.18. The summed E-state index contributed by atoms with van der Waals surface area (Å²) in [5.74, 6) is 5.24. The number of Topliss-reactive ketones (excluding diaryl/α,β-unsaturated/α-hetero) is 1. The standard InChI is InChI=1S/C17H14O3/c1-12-3-5-13(6-4-12)7-10-16(18)15-9-8-14(20-2)11-17(15)19/h3-6,8-9,11,19H,1-2H3. The zero-order valence-corrected chi connectivity index (χ0v) is 11.3. The van der Waals surface area contributed by atoms with E-state index in [4.69, 9.17) is 4.74 Å². The summed E-state index contributed by atoms with van der Waals surface area (Å²) in [6, 6.07) is 12.1. The van der Waals surface area contributed by atoms with Crippen molar-refractivity contribution in [1.29, 1.82) is 0 Å². The summed E-state index contributed by atoms with van der Waals surface area (Å²) in [6.07, 6.45) is 0. The van der Waals surface area contributed by atoms with Gasteiger partial charge in [-0.25, -0.2) is 0 Å². The molecule has 100 valence electrons. The molecule has 0 aliphatic carbocycles. The zero-order valence-electron chi connectivity index (χ0n) is 11.3. The Morgan fingerprint density at radius 2 is 1.85 bits per heavy atom. The van der Waals surface area contributed by atoms with Crippen LogP contribution in [-0.4, -0.2) is 18.0 Å². The Balaban J connectivity index is 2.23. The average molecular weight is 266 g/mol. The number of phenols is 1. The van der Waals surface area contributed by atoms with Crippen LogP contribution in [0.4, 0.5) is 0 Å². The average Bonchev–Trinajstić information content (AvgIpc) is 2.46. The molecule has 0 aromatic heterocycles. The maximum absolute atomic E-state index is 11.9. The molecular formula is C17H14O3. The van der Waals surface area contributed by atoms with E-state index in [1.807, 2.05) is 31.2 Å². The minimum atomic E-state index is -0.425. The van der Waals surface area contributed by atoms with E-state index in [0.29, 0.717) is 5.75 Å². The second-order valence-corrected chi connectivity index (χ2v) is 4.33. The lowest BCUT2D eigenvalue weighted by molar-refractivity contribution is 0.105. The van der Waals surface area contributed by atoms with Gasteiger partial charge in [0.2, 0.25) is 5.78 Å². The lowest BCUT2D eigenvalue weighted by atomic mass is 10.1. The van der Waals surface area contributed by atoms with Crippen LogP contribution in [0.5, 0.6) is 11.5 Å². The Bertz CT molecular complexity index is 688. The number of benzene rings is 2. The molecule has 2 aromatic carbocycles. The molecule has 0 atom stereocenters. The van der Waals surface area contributed by atoms with Gasteiger partial charge in [0.05, 0.1) is 12.7 Å². The number of hydrogen-bond acceptors (Lipinski definition) is 3. The maximum atomic E-state index is 11.9. The van der Waals surface area contributed by atoms with Crippen molar-refractivity contribution in [3.8, 4) is 23.3 Å². The van der Waals surface area contributed by atoms with Crippen molar-refractivity contribution in [2.24, 2.45) is 0 Å². The molecule has 3 nitrogen and oxygen atoms in total. The highest BCUT2D eigenvalue weighted by Gasteiger charge is 2.09. The molecule has 3 heteroatoms. The van der Waals surface area contributed by atoms with Gasteiger partial charge in [-0.2, -0.15) is 0 Å². The van der Waals surface area contributed by atoms with Crippen molar-refractivity contribution < 1.29 is 14.6 Å². The molecule has 0 amide bonds. The van der Waals surface area contributed by atoms with Crippen LogP contribution < -0.4 is 4.74 Å². The summed E-state index contributed by atoms with van der Waals surface area (Å²) in [4.78, 5) is 11.9. The lowest BCUT2D eigenvalue weighted by Crippen LogP contribution is -1.96. The van der Waals surface area contributed by atoms with Gasteiger partial charge in [0.25, 0.3) is 0 Å². The molecule has 0 aliphatic rings. The first-order valence-corrected chi connectivity index (χ1v) is 6.10. The number of phenolic OH excluding ortho intramolecular Hbond substituents is 1. The van der Waals surface area contributed by atoms with Gasteiger partial charge in [-0.1, -0.05) is 23.6 Å².